The second kappa shape index (κ2) is 10.0. The number of Topliss-reactive ketones (excluding diaryl/α,β-unsaturated/α-hetero) is 1. The van der Waals surface area contributed by atoms with Gasteiger partial charge in [0, 0.05) is 30.0 Å². The molecule has 1 unspecified atom stereocenters. The molecule has 5 nitrogen and oxygen atoms in total. The van der Waals surface area contributed by atoms with Crippen LogP contribution in [-0.2, 0) is 9.53 Å². The maximum absolute atomic E-state index is 13.6. The van der Waals surface area contributed by atoms with Crippen LogP contribution in [0.25, 0.3) is 0 Å². The number of benzene rings is 3. The van der Waals surface area contributed by atoms with E-state index in [1.807, 2.05) is 60.7 Å². The first-order chi connectivity index (χ1) is 17.0. The highest BCUT2D eigenvalue weighted by Gasteiger charge is 2.49. The number of ketones is 1. The van der Waals surface area contributed by atoms with Crippen molar-refractivity contribution in [2.24, 2.45) is 5.92 Å². The second-order valence-electron chi connectivity index (χ2n) is 9.73. The summed E-state index contributed by atoms with van der Waals surface area (Å²) in [5.74, 6) is -0.304. The van der Waals surface area contributed by atoms with Gasteiger partial charge in [0.25, 0.3) is 0 Å². The summed E-state index contributed by atoms with van der Waals surface area (Å²) in [6, 6.07) is 24.0. The molecule has 0 radical (unpaired) electrons. The molecular weight excluding hydrogens is 443 g/mol. The van der Waals surface area contributed by atoms with Gasteiger partial charge in [-0.1, -0.05) is 60.7 Å². The Morgan fingerprint density at radius 2 is 1.54 bits per heavy atom. The normalized spacial score (nSPS) is 23.9. The summed E-state index contributed by atoms with van der Waals surface area (Å²) in [7, 11) is 0. The van der Waals surface area contributed by atoms with Crippen LogP contribution in [-0.4, -0.2) is 48.5 Å². The van der Waals surface area contributed by atoms with E-state index < -0.39 is 6.04 Å². The third kappa shape index (κ3) is 5.28. The van der Waals surface area contributed by atoms with Gasteiger partial charge in [0.15, 0.2) is 12.1 Å². The number of ether oxygens (including phenoxy) is 1. The van der Waals surface area contributed by atoms with Crippen molar-refractivity contribution >= 4 is 17.4 Å². The van der Waals surface area contributed by atoms with Gasteiger partial charge in [-0.3, -0.25) is 4.79 Å². The molecule has 3 aromatic carbocycles. The molecule has 0 aliphatic carbocycles. The quantitative estimate of drug-likeness (QED) is 0.284. The zero-order valence-electron chi connectivity index (χ0n) is 19.6. The number of piperidine rings is 3. The first-order valence-electron chi connectivity index (χ1n) is 12.2. The van der Waals surface area contributed by atoms with Crippen LogP contribution >= 0.6 is 0 Å². The van der Waals surface area contributed by atoms with E-state index in [1.54, 1.807) is 12.1 Å². The minimum atomic E-state index is -0.757. The van der Waals surface area contributed by atoms with Gasteiger partial charge < -0.3 is 14.5 Å². The minimum absolute atomic E-state index is 0.131. The van der Waals surface area contributed by atoms with Gasteiger partial charge in [0.05, 0.1) is 13.1 Å². The molecule has 3 aliphatic rings. The average Bonchev–Trinajstić information content (AvgIpc) is 2.89. The van der Waals surface area contributed by atoms with Crippen LogP contribution in [0.4, 0.5) is 10.1 Å². The summed E-state index contributed by atoms with van der Waals surface area (Å²) in [6.07, 6.45) is 1.63. The monoisotopic (exact) mass is 473 g/mol. The highest BCUT2D eigenvalue weighted by Crippen LogP contribution is 2.36. The standard InChI is InChI=1S/C29H30FN2O3/c30-24-13-11-23(12-14-24)28(31-25-9-5-2-6-10-25)29(34)35-27-20-32(17-15-22(27)16-18-32)19-26(33)21-7-3-1-4-8-21/h1-14,22,27-28,31H,15-20H2/q+1/t22?,27-,28?,32?/m0/s1. The Balaban J connectivity index is 1.32. The molecule has 0 spiro atoms. The fourth-order valence-corrected chi connectivity index (χ4v) is 5.45. The molecule has 0 aromatic heterocycles. The van der Waals surface area contributed by atoms with E-state index in [0.29, 0.717) is 29.1 Å². The van der Waals surface area contributed by atoms with Crippen LogP contribution in [0.3, 0.4) is 0 Å². The van der Waals surface area contributed by atoms with Crippen LogP contribution in [0, 0.1) is 11.7 Å². The lowest BCUT2D eigenvalue weighted by Crippen LogP contribution is -2.65. The van der Waals surface area contributed by atoms with Crippen molar-refractivity contribution in [1.82, 2.24) is 0 Å². The number of nitrogens with one attached hydrogen (secondary N) is 1. The van der Waals surface area contributed by atoms with Crippen LogP contribution in [0.2, 0.25) is 0 Å². The molecule has 6 rings (SSSR count). The van der Waals surface area contributed by atoms with E-state index in [2.05, 4.69) is 5.32 Å². The maximum Gasteiger partial charge on any atom is 0.333 e. The largest absolute Gasteiger partial charge is 0.454 e. The van der Waals surface area contributed by atoms with E-state index in [9.17, 15) is 14.0 Å². The number of halogens is 1. The Kier molecular flexibility index (Phi) is 6.64. The predicted octanol–water partition coefficient (Wildman–Crippen LogP) is 5.01. The molecule has 2 bridgehead atoms. The van der Waals surface area contributed by atoms with Crippen molar-refractivity contribution in [3.8, 4) is 0 Å². The van der Waals surface area contributed by atoms with Gasteiger partial charge >= 0.3 is 5.97 Å². The molecule has 2 atom stereocenters. The lowest BCUT2D eigenvalue weighted by Gasteiger charge is -2.51. The summed E-state index contributed by atoms with van der Waals surface area (Å²) >= 11 is 0. The van der Waals surface area contributed by atoms with Crippen molar-refractivity contribution in [2.45, 2.75) is 25.0 Å². The molecule has 3 aromatic rings. The SMILES string of the molecule is O=C(C[N+]12CCC(CC1)[C@@H](OC(=O)C(Nc1ccccc1)c1ccc(F)cc1)C2)c1ccccc1. The molecule has 3 heterocycles. The van der Waals surface area contributed by atoms with E-state index in [0.717, 1.165) is 37.2 Å². The molecule has 3 saturated heterocycles. The number of quaternary nitrogens is 1. The van der Waals surface area contributed by atoms with Gasteiger partial charge in [-0.15, -0.1) is 0 Å². The zero-order valence-corrected chi connectivity index (χ0v) is 19.6. The smallest absolute Gasteiger partial charge is 0.333 e. The highest BCUT2D eigenvalue weighted by molar-refractivity contribution is 5.97. The van der Waals surface area contributed by atoms with Gasteiger partial charge in [0.2, 0.25) is 5.78 Å². The molecule has 3 aliphatic heterocycles. The van der Waals surface area contributed by atoms with Crippen molar-refractivity contribution in [1.29, 1.82) is 0 Å². The Morgan fingerprint density at radius 3 is 2.20 bits per heavy atom. The number of carbonyl (C=O) groups is 2. The Bertz CT molecular complexity index is 1160. The van der Waals surface area contributed by atoms with Crippen LogP contribution in [0.1, 0.15) is 34.8 Å². The summed E-state index contributed by atoms with van der Waals surface area (Å²) in [4.78, 5) is 26.5. The van der Waals surface area contributed by atoms with E-state index >= 15 is 0 Å². The fourth-order valence-electron chi connectivity index (χ4n) is 5.45. The average molecular weight is 474 g/mol. The number of rotatable bonds is 8. The zero-order chi connectivity index (χ0) is 24.3. The molecule has 180 valence electrons. The maximum atomic E-state index is 13.6. The lowest BCUT2D eigenvalue weighted by molar-refractivity contribution is -0.938. The summed E-state index contributed by atoms with van der Waals surface area (Å²) in [5.41, 5.74) is 2.15. The minimum Gasteiger partial charge on any atom is -0.454 e. The van der Waals surface area contributed by atoms with Gasteiger partial charge in [-0.2, -0.15) is 0 Å². The third-order valence-electron chi connectivity index (χ3n) is 7.41. The second-order valence-corrected chi connectivity index (χ2v) is 9.73. The summed E-state index contributed by atoms with van der Waals surface area (Å²) in [5, 5.41) is 3.26. The van der Waals surface area contributed by atoms with Gasteiger partial charge in [0.1, 0.15) is 18.9 Å². The van der Waals surface area contributed by atoms with Gasteiger partial charge in [-0.25, -0.2) is 9.18 Å². The number of fused-ring (bicyclic) bond motifs is 3. The molecule has 6 heteroatoms. The lowest BCUT2D eigenvalue weighted by atomic mass is 9.82. The first-order valence-corrected chi connectivity index (χ1v) is 12.2. The number of anilines is 1. The summed E-state index contributed by atoms with van der Waals surface area (Å²) < 4.78 is 20.4. The van der Waals surface area contributed by atoms with E-state index in [-0.39, 0.29) is 23.7 Å². The van der Waals surface area contributed by atoms with Crippen molar-refractivity contribution < 1.29 is 23.2 Å². The third-order valence-corrected chi connectivity index (χ3v) is 7.41. The number of nitrogens with zero attached hydrogens (tertiary/aromatic N) is 1. The molecule has 0 amide bonds. The number of carbonyl (C=O) groups excluding carboxylic acids is 2. The first kappa shape index (κ1) is 23.2. The topological polar surface area (TPSA) is 55.4 Å². The Hall–Kier alpha value is -3.51. The molecule has 0 saturated carbocycles. The number of esters is 1. The van der Waals surface area contributed by atoms with E-state index in [4.69, 9.17) is 4.74 Å². The highest BCUT2D eigenvalue weighted by atomic mass is 19.1. The summed E-state index contributed by atoms with van der Waals surface area (Å²) in [6.45, 7) is 2.94. The van der Waals surface area contributed by atoms with Gasteiger partial charge in [-0.05, 0) is 29.8 Å². The van der Waals surface area contributed by atoms with Crippen molar-refractivity contribution in [3.63, 3.8) is 0 Å². The molecule has 35 heavy (non-hydrogen) atoms. The van der Waals surface area contributed by atoms with Crippen molar-refractivity contribution in [3.05, 3.63) is 102 Å². The molecule has 3 fully saturated rings. The van der Waals surface area contributed by atoms with Crippen LogP contribution in [0.5, 0.6) is 0 Å². The number of para-hydroxylation sites is 1. The Labute approximate surface area is 205 Å². The van der Waals surface area contributed by atoms with Crippen LogP contribution in [0.15, 0.2) is 84.9 Å². The number of hydrogen-bond acceptors (Lipinski definition) is 4. The van der Waals surface area contributed by atoms with Crippen LogP contribution < -0.4 is 5.32 Å². The fraction of sp³-hybridized carbons (Fsp3) is 0.310. The molecular formula is C29H30FN2O3+. The number of hydrogen-bond donors (Lipinski definition) is 1. The van der Waals surface area contributed by atoms with E-state index in [1.165, 1.54) is 12.1 Å². The molecule has 1 N–H and O–H groups in total. The predicted molar refractivity (Wildman–Crippen MR) is 132 cm³/mol. The van der Waals surface area contributed by atoms with Crippen molar-refractivity contribution in [2.75, 3.05) is 31.5 Å². The Morgan fingerprint density at radius 1 is 0.914 bits per heavy atom.